The molecule has 0 aliphatic heterocycles. The lowest BCUT2D eigenvalue weighted by Gasteiger charge is -2.13. The number of hydrogen-bond acceptors (Lipinski definition) is 4. The van der Waals surface area contributed by atoms with Crippen LogP contribution in [0.15, 0.2) is 81.2 Å². The summed E-state index contributed by atoms with van der Waals surface area (Å²) in [4.78, 5) is 50.3. The molecule has 0 aliphatic rings. The highest BCUT2D eigenvalue weighted by molar-refractivity contribution is 6.32. The van der Waals surface area contributed by atoms with Gasteiger partial charge in [-0.05, 0) is 55.2 Å². The van der Waals surface area contributed by atoms with E-state index in [1.807, 2.05) is 68.4 Å². The molecule has 0 radical (unpaired) electrons. The standard InChI is InChI=1S/C31H29ClN4O4/c1-21-9-11-23(12-10-21)13-14-26(37)33-28-29(32)36(31(40)34(3)30(28)39)16-5-8-24-6-4-7-25(19-24)20-35-17-15-22(2)18-27(35)38/h4,6-7,9-12,15,17-19H,13-14,16,20H2,1-3H3,(H,33,37). The Kier molecular flexibility index (Phi) is 8.87. The molecule has 0 aliphatic carbocycles. The minimum Gasteiger partial charge on any atom is -0.319 e. The van der Waals surface area contributed by atoms with Crippen molar-refractivity contribution in [2.75, 3.05) is 5.32 Å². The lowest BCUT2D eigenvalue weighted by molar-refractivity contribution is -0.116. The van der Waals surface area contributed by atoms with E-state index < -0.39 is 11.2 Å². The number of benzene rings is 2. The average molecular weight is 557 g/mol. The number of halogens is 1. The van der Waals surface area contributed by atoms with Gasteiger partial charge in [0.25, 0.3) is 11.1 Å². The zero-order valence-electron chi connectivity index (χ0n) is 22.5. The monoisotopic (exact) mass is 556 g/mol. The third-order valence-corrected chi connectivity index (χ3v) is 6.80. The van der Waals surface area contributed by atoms with Crippen LogP contribution in [-0.4, -0.2) is 19.6 Å². The van der Waals surface area contributed by atoms with Crippen LogP contribution in [0.3, 0.4) is 0 Å². The molecule has 0 spiro atoms. The summed E-state index contributed by atoms with van der Waals surface area (Å²) in [5.41, 5.74) is 3.02. The van der Waals surface area contributed by atoms with Gasteiger partial charge >= 0.3 is 5.69 Å². The molecule has 0 saturated heterocycles. The second kappa shape index (κ2) is 12.5. The summed E-state index contributed by atoms with van der Waals surface area (Å²) in [6.07, 6.45) is 2.39. The average Bonchev–Trinajstić information content (AvgIpc) is 2.93. The third kappa shape index (κ3) is 6.87. The summed E-state index contributed by atoms with van der Waals surface area (Å²) in [7, 11) is 1.32. The number of anilines is 1. The second-order valence-corrected chi connectivity index (χ2v) is 9.96. The molecular formula is C31H29ClN4O4. The van der Waals surface area contributed by atoms with Gasteiger partial charge in [-0.15, -0.1) is 0 Å². The van der Waals surface area contributed by atoms with Gasteiger partial charge in [-0.1, -0.05) is 65.4 Å². The van der Waals surface area contributed by atoms with Crippen molar-refractivity contribution < 1.29 is 4.79 Å². The predicted octanol–water partition coefficient (Wildman–Crippen LogP) is 3.65. The van der Waals surface area contributed by atoms with Crippen LogP contribution in [-0.2, 0) is 31.4 Å². The van der Waals surface area contributed by atoms with Crippen LogP contribution in [0.25, 0.3) is 0 Å². The Labute approximate surface area is 236 Å². The summed E-state index contributed by atoms with van der Waals surface area (Å²) in [6, 6.07) is 18.7. The number of rotatable bonds is 7. The highest BCUT2D eigenvalue weighted by Crippen LogP contribution is 2.16. The van der Waals surface area contributed by atoms with Crippen LogP contribution < -0.4 is 22.1 Å². The topological polar surface area (TPSA) is 95.1 Å². The first kappa shape index (κ1) is 28.4. The van der Waals surface area contributed by atoms with Crippen molar-refractivity contribution in [1.29, 1.82) is 0 Å². The lowest BCUT2D eigenvalue weighted by Crippen LogP contribution is -2.40. The zero-order valence-corrected chi connectivity index (χ0v) is 23.3. The van der Waals surface area contributed by atoms with E-state index in [2.05, 4.69) is 17.2 Å². The molecule has 0 unspecified atom stereocenters. The molecule has 2 aromatic carbocycles. The summed E-state index contributed by atoms with van der Waals surface area (Å²) in [6.45, 7) is 4.15. The Morgan fingerprint density at radius 2 is 1.70 bits per heavy atom. The molecule has 9 heteroatoms. The number of pyridine rings is 1. The Balaban J connectivity index is 1.50. The molecule has 0 bridgehead atoms. The Morgan fingerprint density at radius 3 is 2.42 bits per heavy atom. The molecule has 40 heavy (non-hydrogen) atoms. The van der Waals surface area contributed by atoms with Gasteiger partial charge in [0.15, 0.2) is 0 Å². The van der Waals surface area contributed by atoms with Crippen molar-refractivity contribution >= 4 is 23.2 Å². The first-order chi connectivity index (χ1) is 19.1. The van der Waals surface area contributed by atoms with Gasteiger partial charge in [0.05, 0.1) is 13.1 Å². The third-order valence-electron chi connectivity index (χ3n) is 6.41. The first-order valence-electron chi connectivity index (χ1n) is 12.7. The van der Waals surface area contributed by atoms with E-state index in [9.17, 15) is 19.2 Å². The van der Waals surface area contributed by atoms with Crippen molar-refractivity contribution in [3.63, 3.8) is 0 Å². The van der Waals surface area contributed by atoms with Crippen LogP contribution in [0.2, 0.25) is 5.15 Å². The van der Waals surface area contributed by atoms with Crippen molar-refractivity contribution in [3.05, 3.63) is 131 Å². The lowest BCUT2D eigenvalue weighted by atomic mass is 10.1. The summed E-state index contributed by atoms with van der Waals surface area (Å²) >= 11 is 6.43. The number of hydrogen-bond donors (Lipinski definition) is 1. The molecule has 1 amide bonds. The molecule has 1 N–H and O–H groups in total. The minimum atomic E-state index is -0.693. The number of aromatic nitrogens is 3. The maximum absolute atomic E-state index is 12.8. The summed E-state index contributed by atoms with van der Waals surface area (Å²) in [5.74, 6) is 5.54. The van der Waals surface area contributed by atoms with Crippen molar-refractivity contribution in [2.45, 2.75) is 39.8 Å². The van der Waals surface area contributed by atoms with Gasteiger partial charge < -0.3 is 9.88 Å². The van der Waals surface area contributed by atoms with E-state index in [0.717, 1.165) is 31.4 Å². The number of carbonyl (C=O) groups excluding carboxylic acids is 1. The van der Waals surface area contributed by atoms with Crippen molar-refractivity contribution in [3.8, 4) is 11.8 Å². The second-order valence-electron chi connectivity index (χ2n) is 9.60. The fraction of sp³-hybridized carbons (Fsp3) is 0.226. The van der Waals surface area contributed by atoms with E-state index >= 15 is 0 Å². The van der Waals surface area contributed by atoms with Crippen LogP contribution >= 0.6 is 11.6 Å². The van der Waals surface area contributed by atoms with Crippen molar-refractivity contribution in [1.82, 2.24) is 13.7 Å². The molecule has 8 nitrogen and oxygen atoms in total. The molecule has 0 atom stereocenters. The Bertz CT molecular complexity index is 1800. The molecule has 204 valence electrons. The fourth-order valence-corrected chi connectivity index (χ4v) is 4.36. The van der Waals surface area contributed by atoms with Crippen LogP contribution in [0, 0.1) is 25.7 Å². The molecule has 2 aromatic heterocycles. The van der Waals surface area contributed by atoms with Crippen molar-refractivity contribution in [2.24, 2.45) is 7.05 Å². The van der Waals surface area contributed by atoms with Gasteiger partial charge in [0.1, 0.15) is 10.8 Å². The van der Waals surface area contributed by atoms with Gasteiger partial charge in [0, 0.05) is 31.3 Å². The smallest absolute Gasteiger partial charge is 0.319 e. The molecular weight excluding hydrogens is 528 g/mol. The maximum atomic E-state index is 12.8. The minimum absolute atomic E-state index is 0.0850. The number of nitrogens with one attached hydrogen (secondary N) is 1. The molecule has 0 fully saturated rings. The van der Waals surface area contributed by atoms with Gasteiger partial charge in [-0.3, -0.25) is 23.5 Å². The normalized spacial score (nSPS) is 10.6. The van der Waals surface area contributed by atoms with Gasteiger partial charge in [-0.2, -0.15) is 0 Å². The fourth-order valence-electron chi connectivity index (χ4n) is 4.10. The Morgan fingerprint density at radius 1 is 0.950 bits per heavy atom. The van der Waals surface area contributed by atoms with Crippen LogP contribution in [0.4, 0.5) is 5.69 Å². The number of aryl methyl sites for hydroxylation is 3. The number of carbonyl (C=O) groups is 1. The largest absolute Gasteiger partial charge is 0.332 e. The van der Waals surface area contributed by atoms with E-state index in [1.165, 1.54) is 7.05 Å². The quantitative estimate of drug-likeness (QED) is 0.278. The summed E-state index contributed by atoms with van der Waals surface area (Å²) < 4.78 is 3.64. The number of amides is 1. The van der Waals surface area contributed by atoms with E-state index in [4.69, 9.17) is 11.6 Å². The summed E-state index contributed by atoms with van der Waals surface area (Å²) in [5, 5.41) is 2.39. The molecule has 4 aromatic rings. The van der Waals surface area contributed by atoms with Crippen LogP contribution in [0.1, 0.15) is 34.2 Å². The number of nitrogens with zero attached hydrogens (tertiary/aromatic N) is 3. The van der Waals surface area contributed by atoms with Gasteiger partial charge in [0.2, 0.25) is 5.91 Å². The molecule has 0 saturated carbocycles. The van der Waals surface area contributed by atoms with E-state index in [-0.39, 0.29) is 35.3 Å². The highest BCUT2D eigenvalue weighted by Gasteiger charge is 2.18. The molecule has 4 rings (SSSR count). The van der Waals surface area contributed by atoms with Gasteiger partial charge in [-0.25, -0.2) is 4.79 Å². The molecule has 2 heterocycles. The van der Waals surface area contributed by atoms with Crippen LogP contribution in [0.5, 0.6) is 0 Å². The zero-order chi connectivity index (χ0) is 28.8. The highest BCUT2D eigenvalue weighted by atomic mass is 35.5. The van der Waals surface area contributed by atoms with E-state index in [1.54, 1.807) is 16.8 Å². The van der Waals surface area contributed by atoms with E-state index in [0.29, 0.717) is 18.5 Å². The SMILES string of the molecule is Cc1ccc(CCC(=O)Nc2c(Cl)n(CC#Cc3cccc(Cn4ccc(C)cc4=O)c3)c(=O)n(C)c2=O)cc1. The first-order valence-corrected chi connectivity index (χ1v) is 13.1. The predicted molar refractivity (Wildman–Crippen MR) is 157 cm³/mol. The maximum Gasteiger partial charge on any atom is 0.332 e. The Hall–Kier alpha value is -4.61.